The second kappa shape index (κ2) is 9.22. The number of amides is 1. The number of amidine groups is 1. The van der Waals surface area contributed by atoms with Crippen LogP contribution >= 0.6 is 11.8 Å². The topological polar surface area (TPSA) is 82.5 Å². The van der Waals surface area contributed by atoms with Crippen molar-refractivity contribution in [3.63, 3.8) is 0 Å². The molecular weight excluding hydrogens is 408 g/mol. The van der Waals surface area contributed by atoms with E-state index in [2.05, 4.69) is 18.0 Å². The number of aryl methyl sites for hydroxylation is 1. The maximum absolute atomic E-state index is 12.1. The molecule has 158 valence electrons. The number of unbranched alkanes of at least 4 members (excludes halogenated alkanes) is 1. The van der Waals surface area contributed by atoms with E-state index in [-0.39, 0.29) is 11.1 Å². The van der Waals surface area contributed by atoms with Gasteiger partial charge in [-0.15, -0.1) is 0 Å². The smallest absolute Gasteiger partial charge is 0.286 e. The fraction of sp³-hybridized carbons (Fsp3) is 0.208. The number of nitrogens with two attached hydrogens (primary N) is 1. The largest absolute Gasteiger partial charge is 0.493 e. The molecule has 0 saturated carbocycles. The van der Waals surface area contributed by atoms with Crippen molar-refractivity contribution in [1.29, 1.82) is 0 Å². The van der Waals surface area contributed by atoms with Gasteiger partial charge in [0.1, 0.15) is 11.4 Å². The van der Waals surface area contributed by atoms with Crippen LogP contribution in [0.3, 0.4) is 0 Å². The number of hydrogen-bond donors (Lipinski definition) is 1. The van der Waals surface area contributed by atoms with Crippen LogP contribution in [0, 0.1) is 6.92 Å². The number of aliphatic imine (C=N–C) groups is 1. The Morgan fingerprint density at radius 1 is 1.19 bits per heavy atom. The van der Waals surface area contributed by atoms with E-state index in [1.165, 1.54) is 11.8 Å². The minimum absolute atomic E-state index is 0.262. The summed E-state index contributed by atoms with van der Waals surface area (Å²) in [7, 11) is 0. The summed E-state index contributed by atoms with van der Waals surface area (Å²) in [5.74, 6) is 0.555. The van der Waals surface area contributed by atoms with Crippen molar-refractivity contribution >= 4 is 28.9 Å². The molecule has 2 N–H and O–H groups in total. The minimum Gasteiger partial charge on any atom is -0.493 e. The molecule has 0 radical (unpaired) electrons. The number of carbonyl (C=O) groups is 1. The first-order valence-electron chi connectivity index (χ1n) is 10.2. The summed E-state index contributed by atoms with van der Waals surface area (Å²) in [6, 6.07) is 15.9. The number of nitrogens with zero attached hydrogens (tertiary/aromatic N) is 3. The van der Waals surface area contributed by atoms with E-state index in [0.717, 1.165) is 46.7 Å². The fourth-order valence-electron chi connectivity index (χ4n) is 3.28. The summed E-state index contributed by atoms with van der Waals surface area (Å²) in [4.78, 5) is 16.4. The van der Waals surface area contributed by atoms with Crippen LogP contribution in [-0.2, 0) is 4.79 Å². The maximum Gasteiger partial charge on any atom is 0.286 e. The summed E-state index contributed by atoms with van der Waals surface area (Å²) >= 11 is 1.18. The van der Waals surface area contributed by atoms with Crippen LogP contribution in [0.5, 0.6) is 5.75 Å². The van der Waals surface area contributed by atoms with Crippen LogP contribution in [0.25, 0.3) is 23.0 Å². The van der Waals surface area contributed by atoms with Gasteiger partial charge in [-0.05, 0) is 67.1 Å². The molecule has 0 unspecified atom stereocenters. The highest BCUT2D eigenvalue weighted by atomic mass is 32.2. The van der Waals surface area contributed by atoms with Crippen molar-refractivity contribution in [3.8, 4) is 22.7 Å². The third-order valence-electron chi connectivity index (χ3n) is 4.89. The van der Waals surface area contributed by atoms with E-state index in [0.29, 0.717) is 11.5 Å². The lowest BCUT2D eigenvalue weighted by atomic mass is 10.0. The zero-order valence-electron chi connectivity index (χ0n) is 17.5. The monoisotopic (exact) mass is 432 g/mol. The van der Waals surface area contributed by atoms with Gasteiger partial charge in [-0.1, -0.05) is 31.5 Å². The Morgan fingerprint density at radius 2 is 2.00 bits per heavy atom. The Bertz CT molecular complexity index is 1170. The number of rotatable bonds is 7. The summed E-state index contributed by atoms with van der Waals surface area (Å²) in [5, 5.41) is 5.09. The average molecular weight is 433 g/mol. The molecule has 1 aromatic heterocycles. The van der Waals surface area contributed by atoms with Crippen LogP contribution in [0.15, 0.2) is 64.6 Å². The van der Waals surface area contributed by atoms with E-state index in [9.17, 15) is 4.79 Å². The molecule has 0 spiro atoms. The molecule has 0 fully saturated rings. The summed E-state index contributed by atoms with van der Waals surface area (Å²) in [6.45, 7) is 4.88. The van der Waals surface area contributed by atoms with Crippen LogP contribution in [0.4, 0.5) is 0 Å². The molecule has 0 bridgehead atoms. The molecule has 0 aliphatic carbocycles. The molecule has 2 aromatic carbocycles. The van der Waals surface area contributed by atoms with Gasteiger partial charge in [0.2, 0.25) is 0 Å². The van der Waals surface area contributed by atoms with Gasteiger partial charge in [0.15, 0.2) is 5.17 Å². The number of thioether (sulfide) groups is 1. The van der Waals surface area contributed by atoms with Gasteiger partial charge >= 0.3 is 0 Å². The molecule has 7 heteroatoms. The van der Waals surface area contributed by atoms with Crippen molar-refractivity contribution < 1.29 is 9.53 Å². The molecule has 0 saturated heterocycles. The van der Waals surface area contributed by atoms with E-state index in [1.54, 1.807) is 6.08 Å². The molecule has 1 aliphatic rings. The minimum atomic E-state index is -0.322. The lowest BCUT2D eigenvalue weighted by Crippen LogP contribution is -2.01. The molecule has 2 heterocycles. The van der Waals surface area contributed by atoms with Crippen molar-refractivity contribution in [2.75, 3.05) is 6.61 Å². The highest BCUT2D eigenvalue weighted by Gasteiger charge is 2.21. The Morgan fingerprint density at radius 3 is 2.68 bits per heavy atom. The third kappa shape index (κ3) is 4.72. The van der Waals surface area contributed by atoms with Gasteiger partial charge in [0, 0.05) is 17.3 Å². The van der Waals surface area contributed by atoms with Crippen LogP contribution < -0.4 is 10.5 Å². The number of hydrogen-bond acceptors (Lipinski definition) is 5. The molecule has 1 amide bonds. The van der Waals surface area contributed by atoms with Gasteiger partial charge in [-0.25, -0.2) is 4.68 Å². The van der Waals surface area contributed by atoms with Gasteiger partial charge in [-0.3, -0.25) is 4.79 Å². The van der Waals surface area contributed by atoms with Gasteiger partial charge in [0.25, 0.3) is 5.91 Å². The number of benzene rings is 2. The third-order valence-corrected chi connectivity index (χ3v) is 5.70. The first-order valence-corrected chi connectivity index (χ1v) is 11.0. The highest BCUT2D eigenvalue weighted by Crippen LogP contribution is 2.33. The summed E-state index contributed by atoms with van der Waals surface area (Å²) in [5.41, 5.74) is 10.2. The molecule has 4 rings (SSSR count). The quantitative estimate of drug-likeness (QED) is 0.422. The van der Waals surface area contributed by atoms with E-state index >= 15 is 0 Å². The van der Waals surface area contributed by atoms with E-state index in [1.807, 2.05) is 60.3 Å². The van der Waals surface area contributed by atoms with Crippen LogP contribution in [-0.4, -0.2) is 27.5 Å². The second-order valence-electron chi connectivity index (χ2n) is 7.26. The maximum atomic E-state index is 12.1. The first kappa shape index (κ1) is 20.9. The number of ether oxygens (including phenoxy) is 1. The van der Waals surface area contributed by atoms with Crippen molar-refractivity contribution in [2.24, 2.45) is 10.7 Å². The van der Waals surface area contributed by atoms with Crippen LogP contribution in [0.2, 0.25) is 0 Å². The van der Waals surface area contributed by atoms with Gasteiger partial charge in [-0.2, -0.15) is 10.1 Å². The molecule has 31 heavy (non-hydrogen) atoms. The molecule has 0 atom stereocenters. The Hall–Kier alpha value is -3.32. The Labute approximate surface area is 185 Å². The fourth-order valence-corrected chi connectivity index (χ4v) is 3.95. The molecule has 6 nitrogen and oxygen atoms in total. The Kier molecular flexibility index (Phi) is 6.23. The molecule has 3 aromatic rings. The van der Waals surface area contributed by atoms with E-state index < -0.39 is 0 Å². The SMILES string of the molecule is CCCCOc1ccc(-c2nn(-c3ccccc3)cc2/C=C2\SC(N)=NC2=O)cc1C. The predicted octanol–water partition coefficient (Wildman–Crippen LogP) is 4.96. The number of para-hydroxylation sites is 1. The molecular formula is C24H24N4O2S. The lowest BCUT2D eigenvalue weighted by molar-refractivity contribution is -0.113. The zero-order valence-corrected chi connectivity index (χ0v) is 18.4. The molecule has 1 aliphatic heterocycles. The van der Waals surface area contributed by atoms with Crippen LogP contribution in [0.1, 0.15) is 30.9 Å². The number of carbonyl (C=O) groups excluding carboxylic acids is 1. The van der Waals surface area contributed by atoms with Gasteiger partial charge in [0.05, 0.1) is 17.2 Å². The average Bonchev–Trinajstić information content (AvgIpc) is 3.33. The lowest BCUT2D eigenvalue weighted by Gasteiger charge is -2.10. The summed E-state index contributed by atoms with van der Waals surface area (Å²) < 4.78 is 7.71. The second-order valence-corrected chi connectivity index (χ2v) is 8.32. The zero-order chi connectivity index (χ0) is 21.8. The first-order chi connectivity index (χ1) is 15.0. The Balaban J connectivity index is 1.74. The normalized spacial score (nSPS) is 14.8. The summed E-state index contributed by atoms with van der Waals surface area (Å²) in [6.07, 6.45) is 5.84. The van der Waals surface area contributed by atoms with Crippen molar-refractivity contribution in [2.45, 2.75) is 26.7 Å². The van der Waals surface area contributed by atoms with Crippen molar-refractivity contribution in [3.05, 3.63) is 70.8 Å². The number of aromatic nitrogens is 2. The standard InChI is InChI=1S/C24H24N4O2S/c1-3-4-12-30-20-11-10-17(13-16(20)2)22-18(14-21-23(29)26-24(25)31-21)15-28(27-22)19-8-6-5-7-9-19/h5-11,13-15H,3-4,12H2,1-2H3,(H2,25,26,29)/b21-14-. The van der Waals surface area contributed by atoms with E-state index in [4.69, 9.17) is 15.6 Å². The highest BCUT2D eigenvalue weighted by molar-refractivity contribution is 8.18. The predicted molar refractivity (Wildman–Crippen MR) is 126 cm³/mol. The van der Waals surface area contributed by atoms with Crippen molar-refractivity contribution in [1.82, 2.24) is 9.78 Å². The van der Waals surface area contributed by atoms with Gasteiger partial charge < -0.3 is 10.5 Å².